The maximum absolute atomic E-state index is 5.22. The molecule has 4 heteroatoms. The summed E-state index contributed by atoms with van der Waals surface area (Å²) < 4.78 is 10.4. The Hall–Kier alpha value is -0.160. The van der Waals surface area contributed by atoms with Crippen molar-refractivity contribution in [3.05, 3.63) is 0 Å². The van der Waals surface area contributed by atoms with E-state index >= 15 is 0 Å². The SMILES string of the molecule is CCNC1CCC(N(CCCOC)CCOC)C1. The lowest BCUT2D eigenvalue weighted by molar-refractivity contribution is 0.107. The van der Waals surface area contributed by atoms with Crippen LogP contribution >= 0.6 is 0 Å². The van der Waals surface area contributed by atoms with Crippen molar-refractivity contribution in [2.24, 2.45) is 0 Å². The summed E-state index contributed by atoms with van der Waals surface area (Å²) in [4.78, 5) is 2.58. The number of hydrogen-bond donors (Lipinski definition) is 1. The summed E-state index contributed by atoms with van der Waals surface area (Å²) >= 11 is 0. The molecule has 1 aliphatic carbocycles. The molecule has 1 rings (SSSR count). The summed E-state index contributed by atoms with van der Waals surface area (Å²) in [5.74, 6) is 0. The molecular weight excluding hydrogens is 228 g/mol. The van der Waals surface area contributed by atoms with Gasteiger partial charge in [0.05, 0.1) is 6.61 Å². The van der Waals surface area contributed by atoms with Gasteiger partial charge in [-0.05, 0) is 32.2 Å². The largest absolute Gasteiger partial charge is 0.385 e. The summed E-state index contributed by atoms with van der Waals surface area (Å²) in [5.41, 5.74) is 0. The zero-order valence-corrected chi connectivity index (χ0v) is 12.3. The summed E-state index contributed by atoms with van der Waals surface area (Å²) in [6, 6.07) is 1.44. The van der Waals surface area contributed by atoms with E-state index in [2.05, 4.69) is 17.1 Å². The minimum absolute atomic E-state index is 0.715. The molecule has 0 radical (unpaired) electrons. The van der Waals surface area contributed by atoms with Crippen LogP contribution in [0.1, 0.15) is 32.6 Å². The Morgan fingerprint density at radius 2 is 1.89 bits per heavy atom. The molecule has 0 aromatic carbocycles. The van der Waals surface area contributed by atoms with Crippen LogP contribution in [-0.4, -0.2) is 64.1 Å². The maximum Gasteiger partial charge on any atom is 0.0589 e. The highest BCUT2D eigenvalue weighted by atomic mass is 16.5. The highest BCUT2D eigenvalue weighted by Crippen LogP contribution is 2.24. The van der Waals surface area contributed by atoms with Gasteiger partial charge in [0.25, 0.3) is 0 Å². The molecule has 0 amide bonds. The van der Waals surface area contributed by atoms with Crippen LogP contribution in [0.2, 0.25) is 0 Å². The summed E-state index contributed by atoms with van der Waals surface area (Å²) in [6.07, 6.45) is 5.02. The molecule has 2 atom stereocenters. The van der Waals surface area contributed by atoms with Crippen LogP contribution in [0.25, 0.3) is 0 Å². The second-order valence-electron chi connectivity index (χ2n) is 5.10. The molecule has 0 aliphatic heterocycles. The molecule has 0 saturated heterocycles. The van der Waals surface area contributed by atoms with E-state index in [1.807, 2.05) is 0 Å². The molecule has 2 unspecified atom stereocenters. The third kappa shape index (κ3) is 5.65. The Kier molecular flexibility index (Phi) is 8.59. The van der Waals surface area contributed by atoms with Gasteiger partial charge in [-0.3, -0.25) is 4.90 Å². The first-order valence-corrected chi connectivity index (χ1v) is 7.27. The molecule has 1 fully saturated rings. The molecular formula is C14H30N2O2. The summed E-state index contributed by atoms with van der Waals surface area (Å²) in [5, 5.41) is 3.57. The molecule has 108 valence electrons. The molecule has 18 heavy (non-hydrogen) atoms. The molecule has 4 nitrogen and oxygen atoms in total. The fourth-order valence-corrected chi connectivity index (χ4v) is 2.86. The van der Waals surface area contributed by atoms with Crippen LogP contribution in [0.4, 0.5) is 0 Å². The average Bonchev–Trinajstić information content (AvgIpc) is 2.82. The number of ether oxygens (including phenoxy) is 2. The highest BCUT2D eigenvalue weighted by Gasteiger charge is 2.28. The standard InChI is InChI=1S/C14H30N2O2/c1-4-15-13-6-7-14(12-13)16(9-11-18-3)8-5-10-17-2/h13-15H,4-12H2,1-3H3. The van der Waals surface area contributed by atoms with Gasteiger partial charge in [-0.15, -0.1) is 0 Å². The average molecular weight is 258 g/mol. The van der Waals surface area contributed by atoms with E-state index in [-0.39, 0.29) is 0 Å². The zero-order chi connectivity index (χ0) is 13.2. The van der Waals surface area contributed by atoms with Gasteiger partial charge in [-0.1, -0.05) is 6.92 Å². The van der Waals surface area contributed by atoms with Gasteiger partial charge in [-0.2, -0.15) is 0 Å². The van der Waals surface area contributed by atoms with Crippen LogP contribution in [0.15, 0.2) is 0 Å². The van der Waals surface area contributed by atoms with Crippen LogP contribution in [-0.2, 0) is 9.47 Å². The minimum Gasteiger partial charge on any atom is -0.385 e. The maximum atomic E-state index is 5.22. The quantitative estimate of drug-likeness (QED) is 0.602. The first-order valence-electron chi connectivity index (χ1n) is 7.27. The molecule has 1 N–H and O–H groups in total. The van der Waals surface area contributed by atoms with Crippen molar-refractivity contribution in [3.63, 3.8) is 0 Å². The first-order chi connectivity index (χ1) is 8.81. The van der Waals surface area contributed by atoms with Crippen molar-refractivity contribution in [1.29, 1.82) is 0 Å². The van der Waals surface area contributed by atoms with Crippen LogP contribution in [0, 0.1) is 0 Å². The van der Waals surface area contributed by atoms with Crippen molar-refractivity contribution in [3.8, 4) is 0 Å². The fraction of sp³-hybridized carbons (Fsp3) is 1.00. The van der Waals surface area contributed by atoms with E-state index in [1.54, 1.807) is 14.2 Å². The van der Waals surface area contributed by atoms with Gasteiger partial charge in [0.15, 0.2) is 0 Å². The van der Waals surface area contributed by atoms with Gasteiger partial charge in [0.2, 0.25) is 0 Å². The van der Waals surface area contributed by atoms with Crippen molar-refractivity contribution in [1.82, 2.24) is 10.2 Å². The molecule has 0 heterocycles. The predicted octanol–water partition coefficient (Wildman–Crippen LogP) is 1.50. The summed E-state index contributed by atoms with van der Waals surface area (Å²) in [6.45, 7) is 7.13. The highest BCUT2D eigenvalue weighted by molar-refractivity contribution is 4.86. The Morgan fingerprint density at radius 3 is 2.56 bits per heavy atom. The van der Waals surface area contributed by atoms with Crippen molar-refractivity contribution in [2.45, 2.75) is 44.7 Å². The third-order valence-corrected chi connectivity index (χ3v) is 3.79. The molecule has 0 spiro atoms. The van der Waals surface area contributed by atoms with Gasteiger partial charge in [-0.25, -0.2) is 0 Å². The Morgan fingerprint density at radius 1 is 1.11 bits per heavy atom. The van der Waals surface area contributed by atoms with E-state index < -0.39 is 0 Å². The molecule has 0 aromatic heterocycles. The molecule has 0 bridgehead atoms. The number of nitrogens with zero attached hydrogens (tertiary/aromatic N) is 1. The van der Waals surface area contributed by atoms with E-state index in [0.717, 1.165) is 45.3 Å². The lowest BCUT2D eigenvalue weighted by Gasteiger charge is -2.28. The van der Waals surface area contributed by atoms with E-state index in [0.29, 0.717) is 6.04 Å². The van der Waals surface area contributed by atoms with Crippen LogP contribution in [0.5, 0.6) is 0 Å². The van der Waals surface area contributed by atoms with Crippen LogP contribution < -0.4 is 5.32 Å². The Balaban J connectivity index is 2.34. The molecule has 1 aliphatic rings. The lowest BCUT2D eigenvalue weighted by atomic mass is 10.2. The molecule has 1 saturated carbocycles. The minimum atomic E-state index is 0.715. The first kappa shape index (κ1) is 15.9. The monoisotopic (exact) mass is 258 g/mol. The number of methoxy groups -OCH3 is 2. The van der Waals surface area contributed by atoms with Gasteiger partial charge < -0.3 is 14.8 Å². The third-order valence-electron chi connectivity index (χ3n) is 3.79. The van der Waals surface area contributed by atoms with Gasteiger partial charge >= 0.3 is 0 Å². The van der Waals surface area contributed by atoms with Gasteiger partial charge in [0.1, 0.15) is 0 Å². The zero-order valence-electron chi connectivity index (χ0n) is 12.3. The fourth-order valence-electron chi connectivity index (χ4n) is 2.86. The Labute approximate surface area is 112 Å². The summed E-state index contributed by atoms with van der Waals surface area (Å²) in [7, 11) is 3.56. The second-order valence-corrected chi connectivity index (χ2v) is 5.10. The van der Waals surface area contributed by atoms with E-state index in [4.69, 9.17) is 9.47 Å². The number of rotatable bonds is 10. The van der Waals surface area contributed by atoms with E-state index in [9.17, 15) is 0 Å². The van der Waals surface area contributed by atoms with E-state index in [1.165, 1.54) is 19.3 Å². The van der Waals surface area contributed by atoms with Crippen molar-refractivity contribution in [2.75, 3.05) is 47.1 Å². The Bertz CT molecular complexity index is 202. The normalized spacial score (nSPS) is 24.0. The number of hydrogen-bond acceptors (Lipinski definition) is 4. The smallest absolute Gasteiger partial charge is 0.0589 e. The van der Waals surface area contributed by atoms with Crippen molar-refractivity contribution < 1.29 is 9.47 Å². The van der Waals surface area contributed by atoms with Crippen LogP contribution in [0.3, 0.4) is 0 Å². The number of nitrogens with one attached hydrogen (secondary N) is 1. The van der Waals surface area contributed by atoms with Gasteiger partial charge in [0, 0.05) is 46.0 Å². The predicted molar refractivity (Wildman–Crippen MR) is 75.0 cm³/mol. The topological polar surface area (TPSA) is 33.7 Å². The second kappa shape index (κ2) is 9.73. The molecule has 0 aromatic rings. The lowest BCUT2D eigenvalue weighted by Crippen LogP contribution is -2.38. The van der Waals surface area contributed by atoms with Crippen molar-refractivity contribution >= 4 is 0 Å².